The van der Waals surface area contributed by atoms with E-state index in [4.69, 9.17) is 5.73 Å². The lowest BCUT2D eigenvalue weighted by molar-refractivity contribution is 0.559. The van der Waals surface area contributed by atoms with Gasteiger partial charge < -0.3 is 10.3 Å². The summed E-state index contributed by atoms with van der Waals surface area (Å²) in [5.41, 5.74) is 7.93. The van der Waals surface area contributed by atoms with Crippen molar-refractivity contribution in [1.29, 1.82) is 0 Å². The first-order valence-electron chi connectivity index (χ1n) is 5.87. The summed E-state index contributed by atoms with van der Waals surface area (Å²) in [6, 6.07) is 0. The maximum Gasteiger partial charge on any atom is 0.106 e. The van der Waals surface area contributed by atoms with Gasteiger partial charge in [0.1, 0.15) is 5.82 Å². The van der Waals surface area contributed by atoms with Gasteiger partial charge in [0, 0.05) is 12.2 Å². The van der Waals surface area contributed by atoms with Crippen LogP contribution in [0.15, 0.2) is 0 Å². The minimum Gasteiger partial charge on any atom is -0.332 e. The molecule has 0 spiro atoms. The van der Waals surface area contributed by atoms with E-state index >= 15 is 0 Å². The molecule has 0 aliphatic carbocycles. The maximum atomic E-state index is 5.46. The van der Waals surface area contributed by atoms with Crippen molar-refractivity contribution >= 4 is 0 Å². The van der Waals surface area contributed by atoms with Crippen LogP contribution in [-0.2, 0) is 6.54 Å². The monoisotopic (exact) mass is 209 g/mol. The van der Waals surface area contributed by atoms with Gasteiger partial charge in [0.15, 0.2) is 0 Å². The lowest BCUT2D eigenvalue weighted by atomic mass is 10.2. The molecular weight excluding hydrogens is 186 g/mol. The second-order valence-corrected chi connectivity index (χ2v) is 4.18. The summed E-state index contributed by atoms with van der Waals surface area (Å²) < 4.78 is 2.32. The average molecular weight is 209 g/mol. The predicted octanol–water partition coefficient (Wildman–Crippen LogP) is 2.33. The molecule has 1 aromatic rings. The van der Waals surface area contributed by atoms with Gasteiger partial charge in [0.05, 0.1) is 5.69 Å². The first-order valence-corrected chi connectivity index (χ1v) is 5.87. The Morgan fingerprint density at radius 1 is 1.07 bits per heavy atom. The minimum atomic E-state index is 0.822. The smallest absolute Gasteiger partial charge is 0.106 e. The summed E-state index contributed by atoms with van der Waals surface area (Å²) in [5.74, 6) is 1.14. The van der Waals surface area contributed by atoms with Crippen LogP contribution in [0.25, 0.3) is 0 Å². The van der Waals surface area contributed by atoms with Crippen LogP contribution in [0.2, 0.25) is 0 Å². The Bertz CT molecular complexity index is 302. The molecule has 86 valence electrons. The molecule has 0 aliphatic heterocycles. The van der Waals surface area contributed by atoms with Crippen LogP contribution in [0.3, 0.4) is 0 Å². The van der Waals surface area contributed by atoms with E-state index in [1.807, 2.05) is 0 Å². The Balaban J connectivity index is 2.37. The number of nitrogens with two attached hydrogens (primary N) is 1. The van der Waals surface area contributed by atoms with Gasteiger partial charge in [-0.2, -0.15) is 0 Å². The number of aryl methyl sites for hydroxylation is 2. The summed E-state index contributed by atoms with van der Waals surface area (Å²) in [6.45, 7) is 8.23. The normalized spacial score (nSPS) is 10.9. The Morgan fingerprint density at radius 3 is 2.27 bits per heavy atom. The van der Waals surface area contributed by atoms with Crippen LogP contribution < -0.4 is 5.73 Å². The first-order chi connectivity index (χ1) is 7.16. The van der Waals surface area contributed by atoms with Gasteiger partial charge in [-0.05, 0) is 40.2 Å². The van der Waals surface area contributed by atoms with E-state index in [9.17, 15) is 0 Å². The number of hydrogen-bond donors (Lipinski definition) is 1. The van der Waals surface area contributed by atoms with Gasteiger partial charge in [0.25, 0.3) is 0 Å². The van der Waals surface area contributed by atoms with Crippen molar-refractivity contribution in [3.05, 3.63) is 17.2 Å². The quantitative estimate of drug-likeness (QED) is 0.731. The highest BCUT2D eigenvalue weighted by atomic mass is 15.1. The highest BCUT2D eigenvalue weighted by molar-refractivity contribution is 5.13. The van der Waals surface area contributed by atoms with Crippen LogP contribution in [0.5, 0.6) is 0 Å². The number of nitrogens with zero attached hydrogens (tertiary/aromatic N) is 2. The minimum absolute atomic E-state index is 0.822. The van der Waals surface area contributed by atoms with Gasteiger partial charge in [-0.15, -0.1) is 0 Å². The van der Waals surface area contributed by atoms with E-state index < -0.39 is 0 Å². The summed E-state index contributed by atoms with van der Waals surface area (Å²) in [7, 11) is 0. The van der Waals surface area contributed by atoms with Crippen molar-refractivity contribution in [3.63, 3.8) is 0 Å². The van der Waals surface area contributed by atoms with Crippen molar-refractivity contribution in [1.82, 2.24) is 9.55 Å². The zero-order chi connectivity index (χ0) is 11.3. The summed E-state index contributed by atoms with van der Waals surface area (Å²) >= 11 is 0. The molecule has 0 fully saturated rings. The zero-order valence-electron chi connectivity index (χ0n) is 10.2. The number of hydrogen-bond acceptors (Lipinski definition) is 2. The van der Waals surface area contributed by atoms with Gasteiger partial charge in [0.2, 0.25) is 0 Å². The van der Waals surface area contributed by atoms with E-state index in [1.165, 1.54) is 25.0 Å². The summed E-state index contributed by atoms with van der Waals surface area (Å²) in [4.78, 5) is 4.47. The predicted molar refractivity (Wildman–Crippen MR) is 64.0 cm³/mol. The van der Waals surface area contributed by atoms with E-state index in [0.29, 0.717) is 0 Å². The standard InChI is InChI=1S/C12H23N3/c1-10-11(2)15(12(3)14-10)9-7-5-4-6-8-13/h4-9,13H2,1-3H3. The zero-order valence-corrected chi connectivity index (χ0v) is 10.2. The van der Waals surface area contributed by atoms with Crippen LogP contribution in [-0.4, -0.2) is 16.1 Å². The fourth-order valence-electron chi connectivity index (χ4n) is 1.92. The van der Waals surface area contributed by atoms with E-state index in [1.54, 1.807) is 0 Å². The Kier molecular flexibility index (Phi) is 4.82. The molecule has 0 atom stereocenters. The second kappa shape index (κ2) is 5.91. The molecule has 1 aromatic heterocycles. The second-order valence-electron chi connectivity index (χ2n) is 4.18. The number of imidazole rings is 1. The number of aromatic nitrogens is 2. The van der Waals surface area contributed by atoms with Gasteiger partial charge in [-0.25, -0.2) is 4.98 Å². The van der Waals surface area contributed by atoms with E-state index in [-0.39, 0.29) is 0 Å². The van der Waals surface area contributed by atoms with Crippen molar-refractivity contribution in [3.8, 4) is 0 Å². The fourth-order valence-corrected chi connectivity index (χ4v) is 1.92. The lowest BCUT2D eigenvalue weighted by Gasteiger charge is -2.07. The fraction of sp³-hybridized carbons (Fsp3) is 0.750. The lowest BCUT2D eigenvalue weighted by Crippen LogP contribution is -2.03. The van der Waals surface area contributed by atoms with E-state index in [0.717, 1.165) is 31.0 Å². The van der Waals surface area contributed by atoms with Gasteiger partial charge >= 0.3 is 0 Å². The highest BCUT2D eigenvalue weighted by Crippen LogP contribution is 2.11. The first kappa shape index (κ1) is 12.2. The average Bonchev–Trinajstić information content (AvgIpc) is 2.44. The molecule has 1 heterocycles. The third kappa shape index (κ3) is 3.34. The molecule has 2 N–H and O–H groups in total. The number of unbranched alkanes of at least 4 members (excludes halogenated alkanes) is 3. The van der Waals surface area contributed by atoms with Crippen LogP contribution in [0.1, 0.15) is 42.9 Å². The number of rotatable bonds is 6. The molecule has 3 heteroatoms. The third-order valence-corrected chi connectivity index (χ3v) is 2.98. The molecule has 0 aliphatic rings. The van der Waals surface area contributed by atoms with E-state index in [2.05, 4.69) is 30.3 Å². The van der Waals surface area contributed by atoms with Crippen molar-refractivity contribution in [2.75, 3.05) is 6.54 Å². The Morgan fingerprint density at radius 2 is 1.73 bits per heavy atom. The molecule has 0 amide bonds. The van der Waals surface area contributed by atoms with Gasteiger partial charge in [-0.3, -0.25) is 0 Å². The molecule has 0 radical (unpaired) electrons. The maximum absolute atomic E-state index is 5.46. The van der Waals surface area contributed by atoms with Crippen LogP contribution in [0, 0.1) is 20.8 Å². The largest absolute Gasteiger partial charge is 0.332 e. The summed E-state index contributed by atoms with van der Waals surface area (Å²) in [5, 5.41) is 0. The molecule has 0 bridgehead atoms. The third-order valence-electron chi connectivity index (χ3n) is 2.98. The molecular formula is C12H23N3. The molecule has 0 saturated heterocycles. The van der Waals surface area contributed by atoms with Crippen molar-refractivity contribution < 1.29 is 0 Å². The molecule has 15 heavy (non-hydrogen) atoms. The van der Waals surface area contributed by atoms with Crippen molar-refractivity contribution in [2.24, 2.45) is 5.73 Å². The molecule has 0 saturated carbocycles. The van der Waals surface area contributed by atoms with Crippen LogP contribution in [0.4, 0.5) is 0 Å². The summed E-state index contributed by atoms with van der Waals surface area (Å²) in [6.07, 6.45) is 4.91. The Hall–Kier alpha value is -0.830. The van der Waals surface area contributed by atoms with Crippen LogP contribution >= 0.6 is 0 Å². The highest BCUT2D eigenvalue weighted by Gasteiger charge is 2.05. The molecule has 3 nitrogen and oxygen atoms in total. The van der Waals surface area contributed by atoms with Gasteiger partial charge in [-0.1, -0.05) is 12.8 Å². The molecule has 1 rings (SSSR count). The molecule has 0 aromatic carbocycles. The topological polar surface area (TPSA) is 43.8 Å². The van der Waals surface area contributed by atoms with Crippen molar-refractivity contribution in [2.45, 2.75) is 53.0 Å². The Labute approximate surface area is 92.7 Å². The SMILES string of the molecule is Cc1nc(C)n(CCCCCCN)c1C. The molecule has 0 unspecified atom stereocenters.